The molecule has 2 aliphatic rings. The number of morpholine rings is 1. The molecule has 0 aromatic carbocycles. The van der Waals surface area contributed by atoms with Crippen LogP contribution in [0.2, 0.25) is 0 Å². The van der Waals surface area contributed by atoms with Crippen molar-refractivity contribution in [3.63, 3.8) is 0 Å². The molecule has 6 nitrogen and oxygen atoms in total. The third-order valence-corrected chi connectivity index (χ3v) is 3.61. The van der Waals surface area contributed by atoms with E-state index in [2.05, 4.69) is 9.88 Å². The maximum Gasteiger partial charge on any atom is 0.247 e. The van der Waals surface area contributed by atoms with Crippen molar-refractivity contribution < 1.29 is 9.53 Å². The SMILES string of the molecule is CN1Cc2cncn2[C@@H](C(=O)N2CCOCC2)C1. The molecule has 3 heterocycles. The molecule has 0 N–H and O–H groups in total. The lowest BCUT2D eigenvalue weighted by molar-refractivity contribution is -0.140. The Balaban J connectivity index is 1.81. The van der Waals surface area contributed by atoms with Gasteiger partial charge in [-0.2, -0.15) is 0 Å². The van der Waals surface area contributed by atoms with E-state index >= 15 is 0 Å². The van der Waals surface area contributed by atoms with Gasteiger partial charge in [-0.15, -0.1) is 0 Å². The fourth-order valence-corrected chi connectivity index (χ4v) is 2.65. The first-order valence-corrected chi connectivity index (χ1v) is 6.31. The van der Waals surface area contributed by atoms with Crippen molar-refractivity contribution in [3.05, 3.63) is 18.2 Å². The molecule has 3 rings (SSSR count). The highest BCUT2D eigenvalue weighted by atomic mass is 16.5. The predicted octanol–water partition coefficient (Wildman–Crippen LogP) is -0.272. The highest BCUT2D eigenvalue weighted by molar-refractivity contribution is 5.81. The summed E-state index contributed by atoms with van der Waals surface area (Å²) in [7, 11) is 2.04. The van der Waals surface area contributed by atoms with Gasteiger partial charge >= 0.3 is 0 Å². The van der Waals surface area contributed by atoms with Gasteiger partial charge in [0.15, 0.2) is 0 Å². The van der Waals surface area contributed by atoms with Crippen molar-refractivity contribution in [2.45, 2.75) is 12.6 Å². The molecule has 0 radical (unpaired) electrons. The molecule has 98 valence electrons. The molecule has 6 heteroatoms. The lowest BCUT2D eigenvalue weighted by Crippen LogP contribution is -2.48. The summed E-state index contributed by atoms with van der Waals surface area (Å²) >= 11 is 0. The second kappa shape index (κ2) is 4.70. The Bertz CT molecular complexity index is 439. The number of hydrogen-bond donors (Lipinski definition) is 0. The van der Waals surface area contributed by atoms with Crippen LogP contribution in [0.1, 0.15) is 11.7 Å². The van der Waals surface area contributed by atoms with E-state index in [1.54, 1.807) is 6.33 Å². The Morgan fingerprint density at radius 2 is 2.22 bits per heavy atom. The highest BCUT2D eigenvalue weighted by Gasteiger charge is 2.32. The average Bonchev–Trinajstić information content (AvgIpc) is 2.86. The molecule has 18 heavy (non-hydrogen) atoms. The second-order valence-corrected chi connectivity index (χ2v) is 4.94. The third-order valence-electron chi connectivity index (χ3n) is 3.61. The number of carbonyl (C=O) groups is 1. The number of ether oxygens (including phenoxy) is 1. The summed E-state index contributed by atoms with van der Waals surface area (Å²) in [6, 6.07) is -0.139. The minimum Gasteiger partial charge on any atom is -0.378 e. The third kappa shape index (κ3) is 2.02. The van der Waals surface area contributed by atoms with Crippen molar-refractivity contribution in [1.29, 1.82) is 0 Å². The van der Waals surface area contributed by atoms with E-state index in [4.69, 9.17) is 4.74 Å². The van der Waals surface area contributed by atoms with Gasteiger partial charge in [0.05, 0.1) is 25.2 Å². The monoisotopic (exact) mass is 250 g/mol. The number of carbonyl (C=O) groups excluding carboxylic acids is 1. The lowest BCUT2D eigenvalue weighted by atomic mass is 10.1. The number of rotatable bonds is 1. The summed E-state index contributed by atoms with van der Waals surface area (Å²) in [6.07, 6.45) is 3.61. The summed E-state index contributed by atoms with van der Waals surface area (Å²) in [5, 5.41) is 0. The molecule has 1 aromatic heterocycles. The van der Waals surface area contributed by atoms with E-state index in [9.17, 15) is 4.79 Å². The molecule has 1 fully saturated rings. The van der Waals surface area contributed by atoms with Gasteiger partial charge in [0.2, 0.25) is 5.91 Å². The molecule has 0 unspecified atom stereocenters. The summed E-state index contributed by atoms with van der Waals surface area (Å²) in [5.74, 6) is 0.184. The van der Waals surface area contributed by atoms with Crippen molar-refractivity contribution in [1.82, 2.24) is 19.4 Å². The standard InChI is InChI=1S/C12H18N4O2/c1-14-7-10-6-13-9-16(10)11(8-14)12(17)15-2-4-18-5-3-15/h6,9,11H,2-5,7-8H2,1H3/t11-/m1/s1. The van der Waals surface area contributed by atoms with Gasteiger partial charge in [0, 0.05) is 32.4 Å². The number of amides is 1. The van der Waals surface area contributed by atoms with Gasteiger partial charge < -0.3 is 14.2 Å². The van der Waals surface area contributed by atoms with Crippen LogP contribution in [-0.2, 0) is 16.1 Å². The first kappa shape index (κ1) is 11.7. The Hall–Kier alpha value is -1.40. The maximum atomic E-state index is 12.6. The topological polar surface area (TPSA) is 50.6 Å². The molecule has 0 aliphatic carbocycles. The maximum absolute atomic E-state index is 12.6. The van der Waals surface area contributed by atoms with Gasteiger partial charge in [-0.25, -0.2) is 4.98 Å². The highest BCUT2D eigenvalue weighted by Crippen LogP contribution is 2.22. The van der Waals surface area contributed by atoms with Crippen LogP contribution in [-0.4, -0.2) is 65.2 Å². The zero-order chi connectivity index (χ0) is 12.5. The number of aromatic nitrogens is 2. The molecular weight excluding hydrogens is 232 g/mol. The Morgan fingerprint density at radius 1 is 1.44 bits per heavy atom. The molecule has 1 amide bonds. The summed E-state index contributed by atoms with van der Waals surface area (Å²) in [4.78, 5) is 20.8. The van der Waals surface area contributed by atoms with Crippen LogP contribution in [0.5, 0.6) is 0 Å². The van der Waals surface area contributed by atoms with Crippen LogP contribution in [0.15, 0.2) is 12.5 Å². The van der Waals surface area contributed by atoms with Crippen molar-refractivity contribution >= 4 is 5.91 Å². The van der Waals surface area contributed by atoms with Crippen molar-refractivity contribution in [2.24, 2.45) is 0 Å². The van der Waals surface area contributed by atoms with E-state index < -0.39 is 0 Å². The number of likely N-dealkylation sites (N-methyl/N-ethyl adjacent to an activating group) is 1. The Morgan fingerprint density at radius 3 is 3.00 bits per heavy atom. The fourth-order valence-electron chi connectivity index (χ4n) is 2.65. The second-order valence-electron chi connectivity index (χ2n) is 4.94. The van der Waals surface area contributed by atoms with Gasteiger partial charge in [0.25, 0.3) is 0 Å². The zero-order valence-electron chi connectivity index (χ0n) is 10.6. The van der Waals surface area contributed by atoms with Gasteiger partial charge in [-0.3, -0.25) is 9.69 Å². The molecule has 1 aromatic rings. The van der Waals surface area contributed by atoms with Gasteiger partial charge in [-0.05, 0) is 7.05 Å². The van der Waals surface area contributed by atoms with E-state index in [1.165, 1.54) is 0 Å². The van der Waals surface area contributed by atoms with Crippen molar-refractivity contribution in [2.75, 3.05) is 39.9 Å². The molecule has 1 saturated heterocycles. The lowest BCUT2D eigenvalue weighted by Gasteiger charge is -2.35. The normalized spacial score (nSPS) is 24.9. The van der Waals surface area contributed by atoms with Crippen molar-refractivity contribution in [3.8, 4) is 0 Å². The van der Waals surface area contributed by atoms with Crippen LogP contribution < -0.4 is 0 Å². The number of hydrogen-bond acceptors (Lipinski definition) is 4. The molecule has 2 aliphatic heterocycles. The summed E-state index contributed by atoms with van der Waals surface area (Å²) in [5.41, 5.74) is 1.11. The number of imidazole rings is 1. The molecule has 0 saturated carbocycles. The molecular formula is C12H18N4O2. The van der Waals surface area contributed by atoms with Crippen LogP contribution in [0, 0.1) is 0 Å². The van der Waals surface area contributed by atoms with Gasteiger partial charge in [-0.1, -0.05) is 0 Å². The van der Waals surface area contributed by atoms with E-state index in [-0.39, 0.29) is 11.9 Å². The quantitative estimate of drug-likeness (QED) is 0.688. The first-order chi connectivity index (χ1) is 8.75. The van der Waals surface area contributed by atoms with Crippen LogP contribution in [0.25, 0.3) is 0 Å². The van der Waals surface area contributed by atoms with Gasteiger partial charge in [0.1, 0.15) is 6.04 Å². The largest absolute Gasteiger partial charge is 0.378 e. The molecule has 0 bridgehead atoms. The molecule has 0 spiro atoms. The van der Waals surface area contributed by atoms with Crippen LogP contribution in [0.3, 0.4) is 0 Å². The van der Waals surface area contributed by atoms with Crippen LogP contribution >= 0.6 is 0 Å². The Labute approximate surface area is 106 Å². The fraction of sp³-hybridized carbons (Fsp3) is 0.667. The summed E-state index contributed by atoms with van der Waals surface area (Å²) < 4.78 is 7.30. The molecule has 1 atom stereocenters. The summed E-state index contributed by atoms with van der Waals surface area (Å²) in [6.45, 7) is 4.29. The van der Waals surface area contributed by atoms with E-state index in [0.717, 1.165) is 18.8 Å². The smallest absolute Gasteiger partial charge is 0.247 e. The van der Waals surface area contributed by atoms with E-state index in [0.29, 0.717) is 26.3 Å². The number of fused-ring (bicyclic) bond motifs is 1. The van der Waals surface area contributed by atoms with Crippen LogP contribution in [0.4, 0.5) is 0 Å². The minimum absolute atomic E-state index is 0.139. The average molecular weight is 250 g/mol. The number of nitrogens with zero attached hydrogens (tertiary/aromatic N) is 4. The predicted molar refractivity (Wildman–Crippen MR) is 65.0 cm³/mol. The zero-order valence-corrected chi connectivity index (χ0v) is 10.6. The van der Waals surface area contributed by atoms with E-state index in [1.807, 2.05) is 22.7 Å². The minimum atomic E-state index is -0.139. The Kier molecular flexibility index (Phi) is 3.05. The first-order valence-electron chi connectivity index (χ1n) is 6.31.